The Morgan fingerprint density at radius 2 is 1.36 bits per heavy atom. The minimum absolute atomic E-state index is 0.392. The number of carboxylic acids is 1. The molecule has 0 heterocycles. The molecule has 4 N–H and O–H groups in total. The average molecular weight is 353 g/mol. The standard InChI is InChI=1S/C17H23NO7/c1-16(2,3)24-14(22)8-7-9(13(20)21)12(19)11(18)10(8)15(23)25-17(4,5)6/h7,19H,18H2,1-6H3,(H,20,21). The van der Waals surface area contributed by atoms with Crippen molar-refractivity contribution < 1.29 is 34.1 Å². The molecule has 0 bridgehead atoms. The maximum absolute atomic E-state index is 12.4. The summed E-state index contributed by atoms with van der Waals surface area (Å²) in [5.74, 6) is -4.26. The molecule has 0 saturated carbocycles. The van der Waals surface area contributed by atoms with Crippen LogP contribution in [0.4, 0.5) is 5.69 Å². The van der Waals surface area contributed by atoms with E-state index in [1.54, 1.807) is 41.5 Å². The lowest BCUT2D eigenvalue weighted by molar-refractivity contribution is 0.00192. The third-order valence-corrected chi connectivity index (χ3v) is 2.79. The fourth-order valence-electron chi connectivity index (χ4n) is 1.90. The van der Waals surface area contributed by atoms with Crippen molar-refractivity contribution in [1.82, 2.24) is 0 Å². The molecule has 0 spiro atoms. The number of nitrogens with two attached hydrogens (primary N) is 1. The third-order valence-electron chi connectivity index (χ3n) is 2.79. The zero-order valence-electron chi connectivity index (χ0n) is 15.1. The lowest BCUT2D eigenvalue weighted by Gasteiger charge is -2.23. The van der Waals surface area contributed by atoms with E-state index in [0.717, 1.165) is 6.07 Å². The van der Waals surface area contributed by atoms with E-state index < -0.39 is 57.2 Å². The molecule has 0 fully saturated rings. The van der Waals surface area contributed by atoms with E-state index in [-0.39, 0.29) is 0 Å². The molecule has 25 heavy (non-hydrogen) atoms. The van der Waals surface area contributed by atoms with Gasteiger partial charge in [-0.2, -0.15) is 0 Å². The number of aromatic hydroxyl groups is 1. The van der Waals surface area contributed by atoms with E-state index >= 15 is 0 Å². The highest BCUT2D eigenvalue weighted by molar-refractivity contribution is 6.10. The first-order chi connectivity index (χ1) is 11.1. The monoisotopic (exact) mass is 353 g/mol. The van der Waals surface area contributed by atoms with Gasteiger partial charge in [0.15, 0.2) is 5.75 Å². The number of benzene rings is 1. The zero-order chi connectivity index (χ0) is 19.7. The Morgan fingerprint density at radius 1 is 0.920 bits per heavy atom. The van der Waals surface area contributed by atoms with Crippen molar-refractivity contribution in [2.75, 3.05) is 5.73 Å². The number of anilines is 1. The molecule has 0 aliphatic carbocycles. The van der Waals surface area contributed by atoms with E-state index in [1.165, 1.54) is 0 Å². The summed E-state index contributed by atoms with van der Waals surface area (Å²) in [5.41, 5.74) is 1.93. The van der Waals surface area contributed by atoms with Crippen LogP contribution in [0.3, 0.4) is 0 Å². The molecule has 0 atom stereocenters. The smallest absolute Gasteiger partial charge is 0.341 e. The molecule has 8 heteroatoms. The largest absolute Gasteiger partial charge is 0.505 e. The van der Waals surface area contributed by atoms with Crippen molar-refractivity contribution in [2.24, 2.45) is 0 Å². The quantitative estimate of drug-likeness (QED) is 0.428. The van der Waals surface area contributed by atoms with Crippen molar-refractivity contribution in [3.63, 3.8) is 0 Å². The number of carbonyl (C=O) groups is 3. The van der Waals surface area contributed by atoms with Crippen LogP contribution in [0.25, 0.3) is 0 Å². The van der Waals surface area contributed by atoms with E-state index in [2.05, 4.69) is 0 Å². The van der Waals surface area contributed by atoms with Gasteiger partial charge < -0.3 is 25.4 Å². The maximum Gasteiger partial charge on any atom is 0.341 e. The van der Waals surface area contributed by atoms with Crippen molar-refractivity contribution in [3.05, 3.63) is 22.8 Å². The van der Waals surface area contributed by atoms with E-state index in [1.807, 2.05) is 0 Å². The molecule has 0 aliphatic heterocycles. The first-order valence-electron chi connectivity index (χ1n) is 7.49. The predicted octanol–water partition coefficient (Wildman–Crippen LogP) is 2.58. The minimum Gasteiger partial charge on any atom is -0.505 e. The van der Waals surface area contributed by atoms with Gasteiger partial charge in [0.05, 0.1) is 11.3 Å². The number of ether oxygens (including phenoxy) is 2. The van der Waals surface area contributed by atoms with Crippen LogP contribution in [0.5, 0.6) is 5.75 Å². The molecule has 1 aromatic rings. The molecule has 0 amide bonds. The number of hydrogen-bond donors (Lipinski definition) is 3. The normalized spacial score (nSPS) is 11.8. The summed E-state index contributed by atoms with van der Waals surface area (Å²) in [4.78, 5) is 36.1. The van der Waals surface area contributed by atoms with Crippen LogP contribution in [0.15, 0.2) is 6.07 Å². The highest BCUT2D eigenvalue weighted by atomic mass is 16.6. The van der Waals surface area contributed by atoms with Gasteiger partial charge in [-0.15, -0.1) is 0 Å². The van der Waals surface area contributed by atoms with Gasteiger partial charge in [-0.1, -0.05) is 0 Å². The molecule has 1 aromatic carbocycles. The summed E-state index contributed by atoms with van der Waals surface area (Å²) in [6.07, 6.45) is 0. The Bertz CT molecular complexity index is 724. The van der Waals surface area contributed by atoms with Gasteiger partial charge in [-0.05, 0) is 47.6 Å². The lowest BCUT2D eigenvalue weighted by Crippen LogP contribution is -2.29. The minimum atomic E-state index is -1.51. The molecule has 0 aliphatic rings. The van der Waals surface area contributed by atoms with Crippen LogP contribution in [-0.2, 0) is 9.47 Å². The second-order valence-electron chi connectivity index (χ2n) is 7.42. The first kappa shape index (κ1) is 20.3. The van der Waals surface area contributed by atoms with Gasteiger partial charge in [0, 0.05) is 0 Å². The van der Waals surface area contributed by atoms with Crippen molar-refractivity contribution in [1.29, 1.82) is 0 Å². The average Bonchev–Trinajstić information content (AvgIpc) is 2.36. The van der Waals surface area contributed by atoms with E-state index in [9.17, 15) is 19.5 Å². The summed E-state index contributed by atoms with van der Waals surface area (Å²) in [6, 6.07) is 0.849. The Labute approximate surface area is 145 Å². The highest BCUT2D eigenvalue weighted by Crippen LogP contribution is 2.34. The van der Waals surface area contributed by atoms with Gasteiger partial charge in [0.2, 0.25) is 0 Å². The topological polar surface area (TPSA) is 136 Å². The van der Waals surface area contributed by atoms with Crippen LogP contribution in [0.1, 0.15) is 72.6 Å². The zero-order valence-corrected chi connectivity index (χ0v) is 15.1. The fourth-order valence-corrected chi connectivity index (χ4v) is 1.90. The Kier molecular flexibility index (Phi) is 5.37. The molecule has 8 nitrogen and oxygen atoms in total. The number of aromatic carboxylic acids is 1. The predicted molar refractivity (Wildman–Crippen MR) is 89.8 cm³/mol. The van der Waals surface area contributed by atoms with Crippen molar-refractivity contribution in [2.45, 2.75) is 52.7 Å². The number of hydrogen-bond acceptors (Lipinski definition) is 7. The summed E-state index contributed by atoms with van der Waals surface area (Å²) in [6.45, 7) is 9.67. The number of carbonyl (C=O) groups excluding carboxylic acids is 2. The lowest BCUT2D eigenvalue weighted by atomic mass is 9.99. The van der Waals surface area contributed by atoms with Crippen LogP contribution in [0.2, 0.25) is 0 Å². The molecule has 138 valence electrons. The van der Waals surface area contributed by atoms with Crippen molar-refractivity contribution in [3.8, 4) is 5.75 Å². The van der Waals surface area contributed by atoms with Gasteiger partial charge in [-0.25, -0.2) is 14.4 Å². The van der Waals surface area contributed by atoms with Crippen LogP contribution < -0.4 is 5.73 Å². The number of nitrogen functional groups attached to an aromatic ring is 1. The molecule has 1 rings (SSSR count). The number of phenols is 1. The van der Waals surface area contributed by atoms with E-state index in [4.69, 9.17) is 20.3 Å². The fraction of sp³-hybridized carbons (Fsp3) is 0.471. The van der Waals surface area contributed by atoms with Gasteiger partial charge in [-0.3, -0.25) is 0 Å². The van der Waals surface area contributed by atoms with Gasteiger partial charge >= 0.3 is 17.9 Å². The summed E-state index contributed by atoms with van der Waals surface area (Å²) < 4.78 is 10.4. The molecular weight excluding hydrogens is 330 g/mol. The summed E-state index contributed by atoms with van der Waals surface area (Å²) in [5, 5.41) is 19.1. The molecule has 0 unspecified atom stereocenters. The summed E-state index contributed by atoms with van der Waals surface area (Å²) in [7, 11) is 0. The van der Waals surface area contributed by atoms with Crippen LogP contribution in [0, 0.1) is 0 Å². The van der Waals surface area contributed by atoms with E-state index in [0.29, 0.717) is 0 Å². The molecule has 0 aromatic heterocycles. The molecule has 0 saturated heterocycles. The van der Waals surface area contributed by atoms with Crippen LogP contribution >= 0.6 is 0 Å². The maximum atomic E-state index is 12.4. The van der Waals surface area contributed by atoms with Crippen molar-refractivity contribution >= 4 is 23.6 Å². The summed E-state index contributed by atoms with van der Waals surface area (Å²) >= 11 is 0. The Hall–Kier alpha value is -2.77. The number of esters is 2. The number of rotatable bonds is 3. The molecule has 0 radical (unpaired) electrons. The van der Waals surface area contributed by atoms with Crippen LogP contribution in [-0.4, -0.2) is 39.3 Å². The first-order valence-corrected chi connectivity index (χ1v) is 7.49. The van der Waals surface area contributed by atoms with Gasteiger partial charge in [0.1, 0.15) is 22.3 Å². The Balaban J connectivity index is 3.62. The Morgan fingerprint density at radius 3 is 1.76 bits per heavy atom. The second-order valence-corrected chi connectivity index (χ2v) is 7.42. The second kappa shape index (κ2) is 6.62. The highest BCUT2D eigenvalue weighted by Gasteiger charge is 2.32. The number of carboxylic acid groups (broad SMARTS) is 1. The third kappa shape index (κ3) is 5.10. The van der Waals surface area contributed by atoms with Gasteiger partial charge in [0.25, 0.3) is 0 Å². The SMILES string of the molecule is CC(C)(C)OC(=O)c1cc(C(=O)O)c(O)c(N)c1C(=O)OC(C)(C)C. The molecular formula is C17H23NO7.